The van der Waals surface area contributed by atoms with E-state index in [2.05, 4.69) is 76.2 Å². The molecule has 47 heavy (non-hydrogen) atoms. The highest BCUT2D eigenvalue weighted by molar-refractivity contribution is 9.10. The Morgan fingerprint density at radius 1 is 0.681 bits per heavy atom. The topological polar surface area (TPSA) is 61.9 Å². The highest BCUT2D eigenvalue weighted by Crippen LogP contribution is 2.55. The van der Waals surface area contributed by atoms with E-state index in [0.717, 1.165) is 59.3 Å². The van der Waals surface area contributed by atoms with Gasteiger partial charge < -0.3 is 28.4 Å². The Morgan fingerprint density at radius 3 is 2.06 bits per heavy atom. The van der Waals surface area contributed by atoms with Crippen LogP contribution in [-0.2, 0) is 25.7 Å². The van der Waals surface area contributed by atoms with Crippen molar-refractivity contribution in [2.24, 2.45) is 0 Å². The van der Waals surface area contributed by atoms with E-state index in [1.807, 2.05) is 18.2 Å². The summed E-state index contributed by atoms with van der Waals surface area (Å²) in [5, 5.41) is 0. The van der Waals surface area contributed by atoms with E-state index in [9.17, 15) is 0 Å². The Labute approximate surface area is 285 Å². The van der Waals surface area contributed by atoms with E-state index in [-0.39, 0.29) is 12.1 Å². The third-order valence-electron chi connectivity index (χ3n) is 9.93. The minimum Gasteiger partial charge on any atom is -0.493 e. The largest absolute Gasteiger partial charge is 0.493 e. The van der Waals surface area contributed by atoms with Gasteiger partial charge in [-0.15, -0.1) is 0 Å². The first-order valence-corrected chi connectivity index (χ1v) is 16.8. The maximum atomic E-state index is 7.06. The molecule has 0 radical (unpaired) electrons. The summed E-state index contributed by atoms with van der Waals surface area (Å²) >= 11 is 3.89. The number of likely N-dealkylation sites (N-methyl/N-ethyl adjacent to an activating group) is 2. The Morgan fingerprint density at radius 2 is 1.34 bits per heavy atom. The number of hydrogen-bond acceptors (Lipinski definition) is 8. The molecule has 8 nitrogen and oxygen atoms in total. The van der Waals surface area contributed by atoms with E-state index >= 15 is 0 Å². The zero-order valence-electron chi connectivity index (χ0n) is 27.8. The van der Waals surface area contributed by atoms with Crippen molar-refractivity contribution >= 4 is 15.9 Å². The molecule has 0 unspecified atom stereocenters. The van der Waals surface area contributed by atoms with E-state index in [1.165, 1.54) is 16.7 Å². The van der Waals surface area contributed by atoms with Crippen LogP contribution in [-0.4, -0.2) is 65.4 Å². The summed E-state index contributed by atoms with van der Waals surface area (Å²) in [7, 11) is 11.1. The number of fused-ring (bicyclic) bond motifs is 2. The fraction of sp³-hybridized carbons (Fsp3) is 0.368. The lowest BCUT2D eigenvalue weighted by Gasteiger charge is -2.38. The smallest absolute Gasteiger partial charge is 0.205 e. The van der Waals surface area contributed by atoms with Gasteiger partial charge in [0.05, 0.1) is 32.9 Å². The van der Waals surface area contributed by atoms with Crippen molar-refractivity contribution in [3.8, 4) is 46.0 Å². The maximum Gasteiger partial charge on any atom is 0.205 e. The normalized spacial score (nSPS) is 19.0. The summed E-state index contributed by atoms with van der Waals surface area (Å²) in [5.41, 5.74) is 7.05. The number of benzene rings is 4. The van der Waals surface area contributed by atoms with Crippen LogP contribution in [0.1, 0.15) is 45.5 Å². The molecule has 9 heteroatoms. The number of methoxy groups -OCH3 is 4. The molecule has 0 saturated heterocycles. The second-order valence-electron chi connectivity index (χ2n) is 12.5. The third kappa shape index (κ3) is 5.68. The zero-order valence-corrected chi connectivity index (χ0v) is 29.4. The predicted molar refractivity (Wildman–Crippen MR) is 185 cm³/mol. The fourth-order valence-corrected chi connectivity index (χ4v) is 8.10. The summed E-state index contributed by atoms with van der Waals surface area (Å²) < 4.78 is 38.2. The van der Waals surface area contributed by atoms with Crippen molar-refractivity contribution in [1.29, 1.82) is 0 Å². The number of halogens is 1. The van der Waals surface area contributed by atoms with Gasteiger partial charge in [0, 0.05) is 30.7 Å². The van der Waals surface area contributed by atoms with Gasteiger partial charge in [-0.2, -0.15) is 0 Å². The van der Waals surface area contributed by atoms with Gasteiger partial charge >= 0.3 is 0 Å². The minimum atomic E-state index is -0.0354. The molecule has 0 N–H and O–H groups in total. The quantitative estimate of drug-likeness (QED) is 0.213. The summed E-state index contributed by atoms with van der Waals surface area (Å²) in [6.45, 7) is 1.82. The molecule has 0 aliphatic carbocycles. The van der Waals surface area contributed by atoms with E-state index in [0.29, 0.717) is 46.7 Å². The SMILES string of the molecule is COc1ccc2cc1Oc1ccc(cc1)C[C@@H]1c3cc(c(OC)cc3CCN1C)Oc1c(OC)c(OC)c(Br)c3c1[C@H](C2)N(C)CC3. The van der Waals surface area contributed by atoms with Gasteiger partial charge in [-0.3, -0.25) is 9.80 Å². The van der Waals surface area contributed by atoms with Crippen LogP contribution >= 0.6 is 15.9 Å². The van der Waals surface area contributed by atoms with Gasteiger partial charge in [0.15, 0.2) is 34.5 Å². The highest BCUT2D eigenvalue weighted by atomic mass is 79.9. The van der Waals surface area contributed by atoms with Crippen LogP contribution in [0.4, 0.5) is 0 Å². The second kappa shape index (κ2) is 12.9. The van der Waals surface area contributed by atoms with Crippen LogP contribution in [0.15, 0.2) is 59.1 Å². The lowest BCUT2D eigenvalue weighted by molar-refractivity contribution is 0.219. The molecule has 0 amide bonds. The van der Waals surface area contributed by atoms with Crippen LogP contribution in [0.2, 0.25) is 0 Å². The van der Waals surface area contributed by atoms with Crippen molar-refractivity contribution in [3.05, 3.63) is 92.5 Å². The predicted octanol–water partition coefficient (Wildman–Crippen LogP) is 7.92. The summed E-state index contributed by atoms with van der Waals surface area (Å²) in [4.78, 5) is 4.80. The first-order chi connectivity index (χ1) is 22.8. The van der Waals surface area contributed by atoms with Crippen molar-refractivity contribution in [2.75, 3.05) is 55.6 Å². The van der Waals surface area contributed by atoms with Crippen LogP contribution in [0.3, 0.4) is 0 Å². The molecule has 8 rings (SSSR count). The van der Waals surface area contributed by atoms with Gasteiger partial charge in [-0.05, 0) is 120 Å². The number of nitrogens with zero attached hydrogens (tertiary/aromatic N) is 2. The lowest BCUT2D eigenvalue weighted by Crippen LogP contribution is -2.34. The third-order valence-corrected chi connectivity index (χ3v) is 10.8. The lowest BCUT2D eigenvalue weighted by atomic mass is 9.87. The van der Waals surface area contributed by atoms with Crippen molar-refractivity contribution < 1.29 is 28.4 Å². The molecule has 0 spiro atoms. The standard InChI is InChI=1S/C38H41BrN2O6/c1-40-15-13-24-20-31(43-4)33-21-27(24)28(40)17-22-7-10-25(11-8-22)46-32-19-23(9-12-30(32)42-3)18-29-34-26(14-16-41(29)2)35(39)37(44-5)38(45-6)36(34)47-33/h7-12,19-21,28-29H,13-18H2,1-6H3/t28-,29+/m1/s1. The van der Waals surface area contributed by atoms with Crippen molar-refractivity contribution in [2.45, 2.75) is 37.8 Å². The number of hydrogen-bond donors (Lipinski definition) is 0. The fourth-order valence-electron chi connectivity index (χ4n) is 7.35. The van der Waals surface area contributed by atoms with Gasteiger partial charge in [-0.1, -0.05) is 18.2 Å². The van der Waals surface area contributed by atoms with Crippen LogP contribution in [0, 0.1) is 0 Å². The molecule has 2 atom stereocenters. The molecule has 6 bridgehead atoms. The maximum absolute atomic E-state index is 7.06. The first kappa shape index (κ1) is 31.7. The second-order valence-corrected chi connectivity index (χ2v) is 13.3. The molecule has 4 aromatic carbocycles. The average molecular weight is 702 g/mol. The van der Waals surface area contributed by atoms with Crippen LogP contribution < -0.4 is 28.4 Å². The Kier molecular flexibility index (Phi) is 8.72. The molecule has 0 saturated carbocycles. The molecule has 0 aromatic heterocycles. The summed E-state index contributed by atoms with van der Waals surface area (Å²) in [6.07, 6.45) is 3.30. The zero-order chi connectivity index (χ0) is 32.8. The highest BCUT2D eigenvalue weighted by Gasteiger charge is 2.36. The van der Waals surface area contributed by atoms with E-state index in [4.69, 9.17) is 28.4 Å². The Hall–Kier alpha value is -3.92. The van der Waals surface area contributed by atoms with Crippen LogP contribution in [0.25, 0.3) is 0 Å². The number of rotatable bonds is 4. The van der Waals surface area contributed by atoms with Gasteiger partial charge in [0.1, 0.15) is 5.75 Å². The molecule has 246 valence electrons. The first-order valence-electron chi connectivity index (χ1n) is 16.0. The molecule has 4 aromatic rings. The van der Waals surface area contributed by atoms with Crippen molar-refractivity contribution in [3.63, 3.8) is 0 Å². The Balaban J connectivity index is 1.49. The summed E-state index contributed by atoms with van der Waals surface area (Å²) in [5.74, 6) is 5.28. The molecule has 4 aliphatic rings. The monoisotopic (exact) mass is 700 g/mol. The summed E-state index contributed by atoms with van der Waals surface area (Å²) in [6, 6.07) is 19.0. The van der Waals surface area contributed by atoms with Gasteiger partial charge in [0.2, 0.25) is 5.75 Å². The molecule has 0 fully saturated rings. The van der Waals surface area contributed by atoms with Gasteiger partial charge in [-0.25, -0.2) is 0 Å². The molecular formula is C38H41BrN2O6. The van der Waals surface area contributed by atoms with E-state index < -0.39 is 0 Å². The number of ether oxygens (including phenoxy) is 6. The molecular weight excluding hydrogens is 660 g/mol. The Bertz CT molecular complexity index is 1810. The average Bonchev–Trinajstić information content (AvgIpc) is 3.08. The van der Waals surface area contributed by atoms with Crippen LogP contribution in [0.5, 0.6) is 46.0 Å². The van der Waals surface area contributed by atoms with E-state index in [1.54, 1.807) is 28.4 Å². The van der Waals surface area contributed by atoms with Gasteiger partial charge in [0.25, 0.3) is 0 Å². The minimum absolute atomic E-state index is 0.0354. The molecule has 4 aliphatic heterocycles. The van der Waals surface area contributed by atoms with Crippen molar-refractivity contribution in [1.82, 2.24) is 9.80 Å². The molecule has 4 heterocycles.